The third-order valence-electron chi connectivity index (χ3n) is 3.42. The van der Waals surface area contributed by atoms with Crippen LogP contribution in [0.5, 0.6) is 0 Å². The van der Waals surface area contributed by atoms with Gasteiger partial charge in [0.15, 0.2) is 0 Å². The molecule has 0 nitrogen and oxygen atoms in total. The monoisotopic (exact) mass is 258 g/mol. The summed E-state index contributed by atoms with van der Waals surface area (Å²) >= 11 is 0. The molecule has 0 aromatic heterocycles. The number of benzene rings is 1. The molecule has 0 N–H and O–H groups in total. The second-order valence-corrected chi connectivity index (χ2v) is 5.22. The van der Waals surface area contributed by atoms with Crippen molar-refractivity contribution in [2.24, 2.45) is 5.92 Å². The second kappa shape index (κ2) is 6.51. The predicted octanol–water partition coefficient (Wildman–Crippen LogP) is 5.61. The van der Waals surface area contributed by atoms with E-state index < -0.39 is 0 Å². The molecule has 0 fully saturated rings. The number of allylic oxidation sites excluding steroid dienone is 5. The van der Waals surface area contributed by atoms with Crippen LogP contribution in [-0.2, 0) is 0 Å². The third-order valence-corrected chi connectivity index (χ3v) is 3.42. The topological polar surface area (TPSA) is 0 Å². The maximum atomic E-state index is 14.1. The summed E-state index contributed by atoms with van der Waals surface area (Å²) < 4.78 is 14.1. The zero-order valence-electron chi connectivity index (χ0n) is 12.5. The Hall–Kier alpha value is -1.63. The summed E-state index contributed by atoms with van der Waals surface area (Å²) in [4.78, 5) is 0. The summed E-state index contributed by atoms with van der Waals surface area (Å²) in [5, 5.41) is 0. The van der Waals surface area contributed by atoms with Gasteiger partial charge < -0.3 is 0 Å². The zero-order chi connectivity index (χ0) is 14.6. The van der Waals surface area contributed by atoms with Crippen molar-refractivity contribution in [1.29, 1.82) is 0 Å². The second-order valence-electron chi connectivity index (χ2n) is 5.22. The molecule has 0 aliphatic heterocycles. The molecule has 1 rings (SSSR count). The van der Waals surface area contributed by atoms with Crippen LogP contribution in [0.2, 0.25) is 0 Å². The maximum Gasteiger partial charge on any atom is 0.131 e. The molecular formula is C18H23F. The first kappa shape index (κ1) is 15.4. The lowest BCUT2D eigenvalue weighted by Crippen LogP contribution is -1.93. The molecule has 0 saturated carbocycles. The molecule has 19 heavy (non-hydrogen) atoms. The number of halogens is 1. The first-order chi connectivity index (χ1) is 8.86. The lowest BCUT2D eigenvalue weighted by Gasteiger charge is -2.09. The van der Waals surface area contributed by atoms with Crippen molar-refractivity contribution in [2.75, 3.05) is 0 Å². The van der Waals surface area contributed by atoms with Gasteiger partial charge in [-0.15, -0.1) is 0 Å². The Bertz CT molecular complexity index is 531. The molecule has 0 saturated heterocycles. The van der Waals surface area contributed by atoms with Crippen LogP contribution in [0.15, 0.2) is 42.5 Å². The lowest BCUT2D eigenvalue weighted by molar-refractivity contribution is 0.622. The number of rotatable bonds is 4. The number of aryl methyl sites for hydroxylation is 2. The fourth-order valence-corrected chi connectivity index (χ4v) is 1.73. The molecule has 0 aliphatic rings. The highest BCUT2D eigenvalue weighted by Gasteiger charge is 2.07. The van der Waals surface area contributed by atoms with Gasteiger partial charge in [0.1, 0.15) is 5.82 Å². The van der Waals surface area contributed by atoms with Crippen LogP contribution >= 0.6 is 0 Å². The van der Waals surface area contributed by atoms with Crippen LogP contribution in [0.4, 0.5) is 4.39 Å². The summed E-state index contributed by atoms with van der Waals surface area (Å²) in [6, 6.07) is 3.50. The molecule has 0 unspecified atom stereocenters. The Morgan fingerprint density at radius 3 is 2.26 bits per heavy atom. The van der Waals surface area contributed by atoms with Gasteiger partial charge in [0.25, 0.3) is 0 Å². The van der Waals surface area contributed by atoms with Crippen LogP contribution in [0.3, 0.4) is 0 Å². The predicted molar refractivity (Wildman–Crippen MR) is 82.6 cm³/mol. The highest BCUT2D eigenvalue weighted by molar-refractivity contribution is 5.75. The molecule has 1 aromatic rings. The molecule has 0 aliphatic carbocycles. The zero-order valence-corrected chi connectivity index (χ0v) is 12.5. The van der Waals surface area contributed by atoms with Gasteiger partial charge >= 0.3 is 0 Å². The molecule has 1 heteroatoms. The highest BCUT2D eigenvalue weighted by Crippen LogP contribution is 2.24. The number of hydrogen-bond acceptors (Lipinski definition) is 0. The van der Waals surface area contributed by atoms with Gasteiger partial charge in [0, 0.05) is 5.56 Å². The average Bonchev–Trinajstić information content (AvgIpc) is 2.35. The molecule has 1 aromatic carbocycles. The normalized spacial score (nSPS) is 12.5. The highest BCUT2D eigenvalue weighted by atomic mass is 19.1. The van der Waals surface area contributed by atoms with E-state index in [0.717, 1.165) is 22.3 Å². The molecule has 0 spiro atoms. The molecule has 0 bridgehead atoms. The van der Waals surface area contributed by atoms with Crippen LogP contribution in [0, 0.1) is 25.6 Å². The van der Waals surface area contributed by atoms with Gasteiger partial charge in [-0.2, -0.15) is 0 Å². The van der Waals surface area contributed by atoms with Crippen LogP contribution in [-0.4, -0.2) is 0 Å². The van der Waals surface area contributed by atoms with Gasteiger partial charge in [0.2, 0.25) is 0 Å². The van der Waals surface area contributed by atoms with Crippen molar-refractivity contribution in [1.82, 2.24) is 0 Å². The van der Waals surface area contributed by atoms with E-state index in [1.807, 2.05) is 45.1 Å². The fourth-order valence-electron chi connectivity index (χ4n) is 1.73. The summed E-state index contributed by atoms with van der Waals surface area (Å²) in [5.74, 6) is 0.231. The standard InChI is InChI=1S/C18H23F/c1-7-16(9-8-13(4)12(2)3)17-10-14(5)15(6)11-18(17)19/h7-12H,4H2,1-3,5-6H3/b9-8-,16-7+. The Balaban J connectivity index is 3.13. The van der Waals surface area contributed by atoms with E-state index in [2.05, 4.69) is 20.4 Å². The fraction of sp³-hybridized carbons (Fsp3) is 0.333. The van der Waals surface area contributed by atoms with Crippen molar-refractivity contribution in [3.8, 4) is 0 Å². The van der Waals surface area contributed by atoms with Crippen molar-refractivity contribution < 1.29 is 4.39 Å². The third kappa shape index (κ3) is 3.92. The Kier molecular flexibility index (Phi) is 5.29. The van der Waals surface area contributed by atoms with E-state index in [4.69, 9.17) is 0 Å². The minimum absolute atomic E-state index is 0.170. The maximum absolute atomic E-state index is 14.1. The average molecular weight is 258 g/mol. The van der Waals surface area contributed by atoms with Gasteiger partial charge in [-0.3, -0.25) is 0 Å². The van der Waals surface area contributed by atoms with Crippen molar-refractivity contribution in [3.63, 3.8) is 0 Å². The summed E-state index contributed by atoms with van der Waals surface area (Å²) in [7, 11) is 0. The molecular weight excluding hydrogens is 235 g/mol. The van der Waals surface area contributed by atoms with Crippen molar-refractivity contribution >= 4 is 5.57 Å². The number of hydrogen-bond donors (Lipinski definition) is 0. The SMILES string of the molecule is C=C(/C=C\C(=C/C)c1cc(C)c(C)cc1F)C(C)C. The van der Waals surface area contributed by atoms with E-state index in [1.54, 1.807) is 6.07 Å². The Morgan fingerprint density at radius 2 is 1.74 bits per heavy atom. The van der Waals surface area contributed by atoms with Crippen LogP contribution in [0.25, 0.3) is 5.57 Å². The molecule has 0 heterocycles. The van der Waals surface area contributed by atoms with Gasteiger partial charge in [-0.05, 0) is 55.5 Å². The summed E-state index contributed by atoms with van der Waals surface area (Å²) in [6.45, 7) is 14.0. The van der Waals surface area contributed by atoms with Gasteiger partial charge in [-0.1, -0.05) is 44.2 Å². The molecule has 0 radical (unpaired) electrons. The molecule has 0 amide bonds. The van der Waals surface area contributed by atoms with E-state index in [1.165, 1.54) is 0 Å². The Labute approximate surface area is 116 Å². The minimum atomic E-state index is -0.170. The lowest BCUT2D eigenvalue weighted by atomic mass is 9.97. The summed E-state index contributed by atoms with van der Waals surface area (Å²) in [5.41, 5.74) is 4.67. The quantitative estimate of drug-likeness (QED) is 0.615. The van der Waals surface area contributed by atoms with E-state index in [-0.39, 0.29) is 5.82 Å². The largest absolute Gasteiger partial charge is 0.206 e. The molecule has 0 atom stereocenters. The minimum Gasteiger partial charge on any atom is -0.206 e. The van der Waals surface area contributed by atoms with E-state index in [0.29, 0.717) is 11.5 Å². The Morgan fingerprint density at radius 1 is 1.16 bits per heavy atom. The van der Waals surface area contributed by atoms with Crippen molar-refractivity contribution in [2.45, 2.75) is 34.6 Å². The van der Waals surface area contributed by atoms with E-state index >= 15 is 0 Å². The van der Waals surface area contributed by atoms with Crippen molar-refractivity contribution in [3.05, 3.63) is 65.0 Å². The summed E-state index contributed by atoms with van der Waals surface area (Å²) in [6.07, 6.45) is 5.83. The smallest absolute Gasteiger partial charge is 0.131 e. The van der Waals surface area contributed by atoms with Gasteiger partial charge in [0.05, 0.1) is 0 Å². The molecule has 102 valence electrons. The van der Waals surface area contributed by atoms with Crippen LogP contribution in [0.1, 0.15) is 37.5 Å². The first-order valence-corrected chi connectivity index (χ1v) is 6.67. The van der Waals surface area contributed by atoms with Gasteiger partial charge in [-0.25, -0.2) is 4.39 Å². The van der Waals surface area contributed by atoms with Crippen LogP contribution < -0.4 is 0 Å². The first-order valence-electron chi connectivity index (χ1n) is 6.67. The van der Waals surface area contributed by atoms with E-state index in [9.17, 15) is 4.39 Å².